The largest absolute Gasteiger partial charge is 0.480 e. The second-order valence-corrected chi connectivity index (χ2v) is 7.02. The number of hydrogen-bond donors (Lipinski definition) is 2. The van der Waals surface area contributed by atoms with Crippen molar-refractivity contribution in [2.24, 2.45) is 0 Å². The molecule has 0 amide bonds. The SMILES string of the molecule is Cc1cc2c(=O)[nH]c(SC(C(=O)O)c3ccccc3)nc2s1. The van der Waals surface area contributed by atoms with Crippen LogP contribution in [0.2, 0.25) is 0 Å². The lowest BCUT2D eigenvalue weighted by Gasteiger charge is -2.11. The van der Waals surface area contributed by atoms with Gasteiger partial charge in [0.25, 0.3) is 5.56 Å². The predicted octanol–water partition coefficient (Wildman–Crippen LogP) is 3.21. The summed E-state index contributed by atoms with van der Waals surface area (Å²) in [6.07, 6.45) is 0. The molecule has 0 radical (unpaired) electrons. The van der Waals surface area contributed by atoms with Gasteiger partial charge in [-0.2, -0.15) is 0 Å². The number of thioether (sulfide) groups is 1. The minimum Gasteiger partial charge on any atom is -0.480 e. The monoisotopic (exact) mass is 332 g/mol. The number of carboxylic acids is 1. The number of rotatable bonds is 4. The van der Waals surface area contributed by atoms with Crippen LogP contribution in [0.3, 0.4) is 0 Å². The van der Waals surface area contributed by atoms with Gasteiger partial charge in [0.1, 0.15) is 10.1 Å². The Balaban J connectivity index is 2.00. The van der Waals surface area contributed by atoms with E-state index < -0.39 is 11.2 Å². The molecule has 3 aromatic rings. The lowest BCUT2D eigenvalue weighted by Crippen LogP contribution is -2.12. The first-order chi connectivity index (χ1) is 10.5. The standard InChI is InChI=1S/C15H12N2O3S2/c1-8-7-10-12(18)16-15(17-13(10)21-8)22-11(14(19)20)9-5-3-2-4-6-9/h2-7,11H,1H3,(H,19,20)(H,16,17,18). The average Bonchev–Trinajstić information content (AvgIpc) is 2.86. The third kappa shape index (κ3) is 2.90. The molecule has 2 aromatic heterocycles. The molecule has 2 heterocycles. The van der Waals surface area contributed by atoms with Crippen LogP contribution in [0.25, 0.3) is 10.2 Å². The molecule has 7 heteroatoms. The maximum absolute atomic E-state index is 12.1. The maximum atomic E-state index is 12.1. The number of nitrogens with one attached hydrogen (secondary N) is 1. The molecule has 0 saturated heterocycles. The van der Waals surface area contributed by atoms with Crippen LogP contribution in [0.1, 0.15) is 15.7 Å². The van der Waals surface area contributed by atoms with Crippen molar-refractivity contribution in [2.75, 3.05) is 0 Å². The number of aliphatic carboxylic acids is 1. The molecule has 2 N–H and O–H groups in total. The number of aromatic amines is 1. The number of thiophene rings is 1. The number of fused-ring (bicyclic) bond motifs is 1. The summed E-state index contributed by atoms with van der Waals surface area (Å²) in [5.41, 5.74) is 0.416. The highest BCUT2D eigenvalue weighted by Crippen LogP contribution is 2.34. The summed E-state index contributed by atoms with van der Waals surface area (Å²) in [6.45, 7) is 1.91. The van der Waals surface area contributed by atoms with Gasteiger partial charge in [0.05, 0.1) is 5.39 Å². The van der Waals surface area contributed by atoms with Gasteiger partial charge in [-0.05, 0) is 18.6 Å². The van der Waals surface area contributed by atoms with Crippen LogP contribution < -0.4 is 5.56 Å². The zero-order valence-corrected chi connectivity index (χ0v) is 13.2. The van der Waals surface area contributed by atoms with Crippen molar-refractivity contribution in [3.63, 3.8) is 0 Å². The molecule has 0 saturated carbocycles. The molecular formula is C15H12N2O3S2. The molecule has 1 aromatic carbocycles. The smallest absolute Gasteiger partial charge is 0.321 e. The Hall–Kier alpha value is -2.12. The van der Waals surface area contributed by atoms with Gasteiger partial charge < -0.3 is 10.1 Å². The molecule has 0 bridgehead atoms. The van der Waals surface area contributed by atoms with Crippen molar-refractivity contribution in [1.29, 1.82) is 0 Å². The van der Waals surface area contributed by atoms with Crippen molar-refractivity contribution in [3.05, 3.63) is 57.2 Å². The number of H-pyrrole nitrogens is 1. The van der Waals surface area contributed by atoms with Gasteiger partial charge in [-0.1, -0.05) is 42.1 Å². The van der Waals surface area contributed by atoms with Crippen LogP contribution >= 0.6 is 23.1 Å². The second kappa shape index (κ2) is 5.94. The summed E-state index contributed by atoms with van der Waals surface area (Å²) in [4.78, 5) is 32.2. The highest BCUT2D eigenvalue weighted by atomic mass is 32.2. The van der Waals surface area contributed by atoms with Crippen molar-refractivity contribution < 1.29 is 9.90 Å². The summed E-state index contributed by atoms with van der Waals surface area (Å²) in [7, 11) is 0. The molecule has 0 fully saturated rings. The van der Waals surface area contributed by atoms with Crippen molar-refractivity contribution in [1.82, 2.24) is 9.97 Å². The normalized spacial score (nSPS) is 12.4. The Morgan fingerprint density at radius 3 is 2.77 bits per heavy atom. The number of aryl methyl sites for hydroxylation is 1. The van der Waals surface area contributed by atoms with Crippen LogP contribution in [0.15, 0.2) is 46.3 Å². The van der Waals surface area contributed by atoms with E-state index >= 15 is 0 Å². The summed E-state index contributed by atoms with van der Waals surface area (Å²) in [5, 5.41) is 9.48. The first-order valence-corrected chi connectivity index (χ1v) is 8.19. The quantitative estimate of drug-likeness (QED) is 0.566. The first-order valence-electron chi connectivity index (χ1n) is 6.49. The van der Waals surface area contributed by atoms with E-state index in [1.807, 2.05) is 13.0 Å². The molecule has 1 atom stereocenters. The molecule has 1 unspecified atom stereocenters. The van der Waals surface area contributed by atoms with Crippen molar-refractivity contribution >= 4 is 39.3 Å². The van der Waals surface area contributed by atoms with Crippen LogP contribution in [-0.4, -0.2) is 21.0 Å². The molecule has 0 aliphatic carbocycles. The van der Waals surface area contributed by atoms with E-state index in [1.54, 1.807) is 30.3 Å². The van der Waals surface area contributed by atoms with E-state index in [1.165, 1.54) is 11.3 Å². The summed E-state index contributed by atoms with van der Waals surface area (Å²) >= 11 is 2.45. The maximum Gasteiger partial charge on any atom is 0.321 e. The fraction of sp³-hybridized carbons (Fsp3) is 0.133. The summed E-state index contributed by atoms with van der Waals surface area (Å²) < 4.78 is 0. The predicted molar refractivity (Wildman–Crippen MR) is 87.7 cm³/mol. The summed E-state index contributed by atoms with van der Waals surface area (Å²) in [5.74, 6) is -0.971. The van der Waals surface area contributed by atoms with Crippen LogP contribution in [0.4, 0.5) is 0 Å². The van der Waals surface area contributed by atoms with Gasteiger partial charge in [-0.25, -0.2) is 4.98 Å². The molecule has 0 aliphatic heterocycles. The van der Waals surface area contributed by atoms with E-state index in [0.717, 1.165) is 16.6 Å². The molecule has 5 nitrogen and oxygen atoms in total. The summed E-state index contributed by atoms with van der Waals surface area (Å²) in [6, 6.07) is 10.7. The third-order valence-electron chi connectivity index (χ3n) is 3.06. The van der Waals surface area contributed by atoms with Gasteiger partial charge in [0.15, 0.2) is 5.16 Å². The number of aromatic nitrogens is 2. The van der Waals surface area contributed by atoms with Crippen molar-refractivity contribution in [2.45, 2.75) is 17.3 Å². The Labute approximate surface area is 134 Å². The van der Waals surface area contributed by atoms with Gasteiger partial charge in [-0.3, -0.25) is 9.59 Å². The lowest BCUT2D eigenvalue weighted by atomic mass is 10.1. The van der Waals surface area contributed by atoms with Crippen LogP contribution in [0, 0.1) is 6.92 Å². The molecule has 3 rings (SSSR count). The first kappa shape index (κ1) is 14.8. The fourth-order valence-electron chi connectivity index (χ4n) is 2.09. The number of nitrogens with zero attached hydrogens (tertiary/aromatic N) is 1. The molecule has 0 spiro atoms. The Bertz CT molecular complexity index is 887. The van der Waals surface area contributed by atoms with Crippen molar-refractivity contribution in [3.8, 4) is 0 Å². The molecule has 22 heavy (non-hydrogen) atoms. The van der Waals surface area contributed by atoms with Gasteiger partial charge in [-0.15, -0.1) is 11.3 Å². The minimum absolute atomic E-state index is 0.242. The topological polar surface area (TPSA) is 83.0 Å². The van der Waals surface area contributed by atoms with E-state index in [4.69, 9.17) is 0 Å². The van der Waals surface area contributed by atoms with E-state index in [9.17, 15) is 14.7 Å². The van der Waals surface area contributed by atoms with Gasteiger partial charge >= 0.3 is 5.97 Å². The fourth-order valence-corrected chi connectivity index (χ4v) is 3.94. The Morgan fingerprint density at radius 2 is 2.09 bits per heavy atom. The number of hydrogen-bond acceptors (Lipinski definition) is 5. The highest BCUT2D eigenvalue weighted by molar-refractivity contribution is 8.00. The van der Waals surface area contributed by atoms with E-state index in [0.29, 0.717) is 20.9 Å². The molecule has 0 aliphatic rings. The minimum atomic E-state index is -0.971. The zero-order valence-electron chi connectivity index (χ0n) is 11.6. The number of benzene rings is 1. The van der Waals surface area contributed by atoms with E-state index in [2.05, 4.69) is 9.97 Å². The van der Waals surface area contributed by atoms with Crippen LogP contribution in [0.5, 0.6) is 0 Å². The number of carboxylic acid groups (broad SMARTS) is 1. The van der Waals surface area contributed by atoms with Gasteiger partial charge in [0, 0.05) is 4.88 Å². The molecule has 112 valence electrons. The number of carbonyl (C=O) groups is 1. The molecular weight excluding hydrogens is 320 g/mol. The average molecular weight is 332 g/mol. The van der Waals surface area contributed by atoms with E-state index in [-0.39, 0.29) is 5.56 Å². The van der Waals surface area contributed by atoms with Gasteiger partial charge in [0.2, 0.25) is 0 Å². The highest BCUT2D eigenvalue weighted by Gasteiger charge is 2.22. The zero-order chi connectivity index (χ0) is 15.7. The Morgan fingerprint density at radius 1 is 1.36 bits per heavy atom. The van der Waals surface area contributed by atoms with Crippen LogP contribution in [-0.2, 0) is 4.79 Å². The lowest BCUT2D eigenvalue weighted by molar-refractivity contribution is -0.136. The third-order valence-corrected chi connectivity index (χ3v) is 5.13. The Kier molecular flexibility index (Phi) is 4.00. The second-order valence-electron chi connectivity index (χ2n) is 4.69.